The Bertz CT molecular complexity index is 240. The highest BCUT2D eigenvalue weighted by atomic mass is 32.2. The Morgan fingerprint density at radius 2 is 2.54 bits per heavy atom. The lowest BCUT2D eigenvalue weighted by molar-refractivity contribution is 0.182. The summed E-state index contributed by atoms with van der Waals surface area (Å²) in [5.41, 5.74) is -0.151. The highest BCUT2D eigenvalue weighted by molar-refractivity contribution is 8.13. The number of aliphatic imine (C=N–C) groups is 1. The summed E-state index contributed by atoms with van der Waals surface area (Å²) >= 11 is 1.44. The summed E-state index contributed by atoms with van der Waals surface area (Å²) in [7, 11) is 0. The molecule has 1 aliphatic heterocycles. The van der Waals surface area contributed by atoms with Gasteiger partial charge in [-0.2, -0.15) is 5.26 Å². The molecule has 1 saturated heterocycles. The van der Waals surface area contributed by atoms with Gasteiger partial charge in [0.1, 0.15) is 0 Å². The van der Waals surface area contributed by atoms with Crippen molar-refractivity contribution in [3.8, 4) is 6.19 Å². The normalized spacial score (nSPS) is 28.5. The van der Waals surface area contributed by atoms with Gasteiger partial charge < -0.3 is 4.74 Å². The van der Waals surface area contributed by atoms with Crippen molar-refractivity contribution in [1.29, 1.82) is 5.26 Å². The summed E-state index contributed by atoms with van der Waals surface area (Å²) in [4.78, 5) is 4.44. The van der Waals surface area contributed by atoms with Gasteiger partial charge in [0.2, 0.25) is 0 Å². The van der Waals surface area contributed by atoms with E-state index < -0.39 is 0 Å². The number of thioether (sulfide) groups is 1. The second-order valence-corrected chi connectivity index (χ2v) is 3.95. The summed E-state index contributed by atoms with van der Waals surface area (Å²) in [5.74, 6) is 0. The Kier molecular flexibility index (Phi) is 3.58. The monoisotopic (exact) mass is 199 g/mol. The fraction of sp³-hybridized carbons (Fsp3) is 0.750. The fourth-order valence-electron chi connectivity index (χ4n) is 1.16. The SMILES string of the molecule is CSC(=NC1(C)CCOC1)NC#N. The van der Waals surface area contributed by atoms with Crippen LogP contribution in [0.3, 0.4) is 0 Å². The quantitative estimate of drug-likeness (QED) is 0.296. The molecule has 0 spiro atoms. The molecule has 4 nitrogen and oxygen atoms in total. The zero-order chi connectivity index (χ0) is 9.73. The van der Waals surface area contributed by atoms with Crippen molar-refractivity contribution in [3.05, 3.63) is 0 Å². The molecule has 0 aromatic heterocycles. The third kappa shape index (κ3) is 2.90. The maximum Gasteiger partial charge on any atom is 0.183 e. The van der Waals surface area contributed by atoms with Gasteiger partial charge in [-0.05, 0) is 19.6 Å². The van der Waals surface area contributed by atoms with Gasteiger partial charge in [-0.3, -0.25) is 10.3 Å². The van der Waals surface area contributed by atoms with Crippen LogP contribution in [0, 0.1) is 11.5 Å². The Morgan fingerprint density at radius 3 is 3.00 bits per heavy atom. The maximum atomic E-state index is 8.44. The molecule has 1 aliphatic rings. The van der Waals surface area contributed by atoms with E-state index in [9.17, 15) is 0 Å². The number of nitrogens with zero attached hydrogens (tertiary/aromatic N) is 2. The Labute approximate surface area is 82.4 Å². The van der Waals surface area contributed by atoms with Crippen molar-refractivity contribution in [1.82, 2.24) is 5.32 Å². The van der Waals surface area contributed by atoms with Crippen molar-refractivity contribution in [3.63, 3.8) is 0 Å². The van der Waals surface area contributed by atoms with E-state index in [1.165, 1.54) is 11.8 Å². The number of amidine groups is 1. The van der Waals surface area contributed by atoms with Crippen LogP contribution >= 0.6 is 11.8 Å². The van der Waals surface area contributed by atoms with Gasteiger partial charge in [-0.15, -0.1) is 0 Å². The number of nitrogens with one attached hydrogen (secondary N) is 1. The van der Waals surface area contributed by atoms with E-state index in [0.29, 0.717) is 11.8 Å². The lowest BCUT2D eigenvalue weighted by atomic mass is 10.0. The first-order chi connectivity index (χ1) is 6.20. The summed E-state index contributed by atoms with van der Waals surface area (Å²) < 4.78 is 5.26. The Hall–Kier alpha value is -0.730. The van der Waals surface area contributed by atoms with Gasteiger partial charge >= 0.3 is 0 Å². The molecule has 0 aromatic carbocycles. The molecule has 0 bridgehead atoms. The average Bonchev–Trinajstić information content (AvgIpc) is 2.51. The second-order valence-electron chi connectivity index (χ2n) is 3.16. The topological polar surface area (TPSA) is 57.4 Å². The third-order valence-electron chi connectivity index (χ3n) is 1.93. The molecule has 1 fully saturated rings. The molecule has 72 valence electrons. The zero-order valence-electron chi connectivity index (χ0n) is 7.83. The fourth-order valence-corrected chi connectivity index (χ4v) is 1.62. The first-order valence-corrected chi connectivity index (χ1v) is 5.29. The molecule has 1 unspecified atom stereocenters. The van der Waals surface area contributed by atoms with Crippen LogP contribution in [0.25, 0.3) is 0 Å². The largest absolute Gasteiger partial charge is 0.379 e. The van der Waals surface area contributed by atoms with Crippen LogP contribution in [0.1, 0.15) is 13.3 Å². The third-order valence-corrected chi connectivity index (χ3v) is 2.51. The number of rotatable bonds is 1. The van der Waals surface area contributed by atoms with Crippen LogP contribution in [0.2, 0.25) is 0 Å². The van der Waals surface area contributed by atoms with Crippen molar-refractivity contribution in [2.24, 2.45) is 4.99 Å². The average molecular weight is 199 g/mol. The first-order valence-electron chi connectivity index (χ1n) is 4.07. The minimum absolute atomic E-state index is 0.151. The molecule has 0 saturated carbocycles. The molecule has 5 heteroatoms. The highest BCUT2D eigenvalue weighted by Crippen LogP contribution is 2.23. The number of hydrogen-bond acceptors (Lipinski definition) is 4. The van der Waals surface area contributed by atoms with Crippen LogP contribution in [0.4, 0.5) is 0 Å². The van der Waals surface area contributed by atoms with Crippen molar-refractivity contribution in [2.45, 2.75) is 18.9 Å². The number of hydrogen-bond donors (Lipinski definition) is 1. The van der Waals surface area contributed by atoms with E-state index in [1.54, 1.807) is 0 Å². The molecule has 0 aromatic rings. The van der Waals surface area contributed by atoms with E-state index >= 15 is 0 Å². The van der Waals surface area contributed by atoms with E-state index in [4.69, 9.17) is 10.00 Å². The molecule has 1 heterocycles. The van der Waals surface area contributed by atoms with Gasteiger partial charge in [-0.25, -0.2) is 0 Å². The van der Waals surface area contributed by atoms with Crippen molar-refractivity contribution in [2.75, 3.05) is 19.5 Å². The molecule has 1 N–H and O–H groups in total. The molecular formula is C8H13N3OS. The molecule has 0 aliphatic carbocycles. The van der Waals surface area contributed by atoms with Gasteiger partial charge in [0, 0.05) is 6.61 Å². The van der Waals surface area contributed by atoms with Gasteiger partial charge in [-0.1, -0.05) is 11.8 Å². The second kappa shape index (κ2) is 4.49. The molecule has 1 rings (SSSR count). The predicted molar refractivity (Wildman–Crippen MR) is 53.5 cm³/mol. The minimum atomic E-state index is -0.151. The maximum absolute atomic E-state index is 8.44. The molecule has 1 atom stereocenters. The Morgan fingerprint density at radius 1 is 1.77 bits per heavy atom. The van der Waals surface area contributed by atoms with Crippen LogP contribution < -0.4 is 5.32 Å². The Balaban J connectivity index is 2.65. The smallest absolute Gasteiger partial charge is 0.183 e. The minimum Gasteiger partial charge on any atom is -0.379 e. The van der Waals surface area contributed by atoms with E-state index in [2.05, 4.69) is 10.3 Å². The molecule has 13 heavy (non-hydrogen) atoms. The summed E-state index contributed by atoms with van der Waals surface area (Å²) in [6, 6.07) is 0. The molecule has 0 radical (unpaired) electrons. The van der Waals surface area contributed by atoms with Gasteiger partial charge in [0.15, 0.2) is 11.4 Å². The standard InChI is InChI=1S/C8H13N3OS/c1-8(3-4-12-5-8)11-7(13-2)10-6-9/h3-5H2,1-2H3,(H,10,11). The van der Waals surface area contributed by atoms with Crippen LogP contribution in [0.5, 0.6) is 0 Å². The summed E-state index contributed by atoms with van der Waals surface area (Å²) in [6.07, 6.45) is 4.68. The highest BCUT2D eigenvalue weighted by Gasteiger charge is 2.29. The van der Waals surface area contributed by atoms with E-state index in [1.807, 2.05) is 19.4 Å². The lowest BCUT2D eigenvalue weighted by Crippen LogP contribution is -2.26. The molecule has 0 amide bonds. The predicted octanol–water partition coefficient (Wildman–Crippen LogP) is 0.955. The van der Waals surface area contributed by atoms with Crippen LogP contribution in [-0.4, -0.2) is 30.2 Å². The van der Waals surface area contributed by atoms with Crippen molar-refractivity contribution >= 4 is 16.9 Å². The lowest BCUT2D eigenvalue weighted by Gasteiger charge is -2.16. The van der Waals surface area contributed by atoms with Gasteiger partial charge in [0.05, 0.1) is 12.1 Å². The van der Waals surface area contributed by atoms with Crippen LogP contribution in [-0.2, 0) is 4.74 Å². The number of ether oxygens (including phenoxy) is 1. The summed E-state index contributed by atoms with van der Waals surface area (Å²) in [6.45, 7) is 3.44. The molecular weight excluding hydrogens is 186 g/mol. The first kappa shape index (κ1) is 10.4. The van der Waals surface area contributed by atoms with E-state index in [-0.39, 0.29) is 5.54 Å². The van der Waals surface area contributed by atoms with Crippen molar-refractivity contribution < 1.29 is 4.74 Å². The zero-order valence-corrected chi connectivity index (χ0v) is 8.65. The summed E-state index contributed by atoms with van der Waals surface area (Å²) in [5, 5.41) is 11.6. The number of nitriles is 1. The van der Waals surface area contributed by atoms with Crippen LogP contribution in [0.15, 0.2) is 4.99 Å². The van der Waals surface area contributed by atoms with Gasteiger partial charge in [0.25, 0.3) is 0 Å². The van der Waals surface area contributed by atoms with E-state index in [0.717, 1.165) is 13.0 Å².